The van der Waals surface area contributed by atoms with E-state index >= 15 is 0 Å². The van der Waals surface area contributed by atoms with Crippen molar-refractivity contribution in [2.45, 2.75) is 0 Å². The average Bonchev–Trinajstić information content (AvgIpc) is 2.89. The quantitative estimate of drug-likeness (QED) is 0.560. The summed E-state index contributed by atoms with van der Waals surface area (Å²) in [6, 6.07) is 15.7. The molecule has 2 aromatic heterocycles. The molecule has 0 radical (unpaired) electrons. The summed E-state index contributed by atoms with van der Waals surface area (Å²) in [4.78, 5) is 12.3. The van der Waals surface area contributed by atoms with Crippen LogP contribution in [0.5, 0.6) is 0 Å². The number of aromatic amines is 1. The van der Waals surface area contributed by atoms with Gasteiger partial charge in [-0.15, -0.1) is 0 Å². The van der Waals surface area contributed by atoms with Crippen LogP contribution >= 0.6 is 11.6 Å². The van der Waals surface area contributed by atoms with Crippen LogP contribution in [0.25, 0.3) is 33.3 Å². The van der Waals surface area contributed by atoms with E-state index in [2.05, 4.69) is 21.0 Å². The number of aromatic nitrogens is 3. The van der Waals surface area contributed by atoms with Crippen molar-refractivity contribution in [1.82, 2.24) is 15.0 Å². The van der Waals surface area contributed by atoms with E-state index in [-0.39, 0.29) is 0 Å². The highest BCUT2D eigenvalue weighted by atomic mass is 35.5. The number of hydrogen-bond acceptors (Lipinski definition) is 2. The standard InChI is InChI=1S/C16H10ClN3/c17-10-6-7-14-15(9-10)20-16(19-14)12-3-1-5-13-11(12)4-2-8-18-13/h1-9H,(H,19,20). The Morgan fingerprint density at radius 2 is 1.90 bits per heavy atom. The fourth-order valence-electron chi connectivity index (χ4n) is 2.42. The van der Waals surface area contributed by atoms with Gasteiger partial charge in [-0.3, -0.25) is 4.98 Å². The van der Waals surface area contributed by atoms with Gasteiger partial charge < -0.3 is 4.98 Å². The maximum absolute atomic E-state index is 6.01. The topological polar surface area (TPSA) is 41.6 Å². The van der Waals surface area contributed by atoms with Gasteiger partial charge in [0.25, 0.3) is 0 Å². The molecule has 0 unspecified atom stereocenters. The van der Waals surface area contributed by atoms with Crippen molar-refractivity contribution >= 4 is 33.5 Å². The summed E-state index contributed by atoms with van der Waals surface area (Å²) in [6.07, 6.45) is 1.80. The van der Waals surface area contributed by atoms with E-state index in [1.807, 2.05) is 42.5 Å². The summed E-state index contributed by atoms with van der Waals surface area (Å²) in [5, 5.41) is 1.78. The molecular weight excluding hydrogens is 270 g/mol. The summed E-state index contributed by atoms with van der Waals surface area (Å²) < 4.78 is 0. The monoisotopic (exact) mass is 279 g/mol. The summed E-state index contributed by atoms with van der Waals surface area (Å²) >= 11 is 6.01. The number of fused-ring (bicyclic) bond motifs is 2. The highest BCUT2D eigenvalue weighted by molar-refractivity contribution is 6.31. The van der Waals surface area contributed by atoms with Crippen molar-refractivity contribution < 1.29 is 0 Å². The van der Waals surface area contributed by atoms with Gasteiger partial charge in [-0.2, -0.15) is 0 Å². The number of imidazole rings is 1. The maximum Gasteiger partial charge on any atom is 0.139 e. The molecule has 0 bridgehead atoms. The Balaban J connectivity index is 2.01. The zero-order valence-electron chi connectivity index (χ0n) is 10.5. The predicted octanol–water partition coefficient (Wildman–Crippen LogP) is 4.43. The highest BCUT2D eigenvalue weighted by Crippen LogP contribution is 2.28. The van der Waals surface area contributed by atoms with Gasteiger partial charge in [0.05, 0.1) is 16.6 Å². The lowest BCUT2D eigenvalue weighted by Crippen LogP contribution is -1.84. The molecule has 0 spiro atoms. The molecule has 4 heteroatoms. The Bertz CT molecular complexity index is 922. The molecule has 0 aliphatic heterocycles. The molecule has 2 aromatic carbocycles. The van der Waals surface area contributed by atoms with Crippen molar-refractivity contribution in [3.05, 3.63) is 59.8 Å². The first kappa shape index (κ1) is 11.4. The minimum absolute atomic E-state index is 0.701. The van der Waals surface area contributed by atoms with Crippen LogP contribution in [0.15, 0.2) is 54.7 Å². The molecule has 0 atom stereocenters. The third-order valence-electron chi connectivity index (χ3n) is 3.34. The second kappa shape index (κ2) is 4.32. The maximum atomic E-state index is 6.01. The lowest BCUT2D eigenvalue weighted by molar-refractivity contribution is 1.34. The van der Waals surface area contributed by atoms with Crippen LogP contribution in [0.3, 0.4) is 0 Å². The number of rotatable bonds is 1. The van der Waals surface area contributed by atoms with Crippen LogP contribution in [0.4, 0.5) is 0 Å². The molecule has 96 valence electrons. The number of benzene rings is 2. The molecule has 4 aromatic rings. The first-order valence-corrected chi connectivity index (χ1v) is 6.68. The molecule has 2 heterocycles. The molecule has 0 aliphatic rings. The SMILES string of the molecule is Clc1ccc2nc(-c3cccc4ncccc34)[nH]c2c1. The van der Waals surface area contributed by atoms with Crippen molar-refractivity contribution in [3.8, 4) is 11.4 Å². The number of nitrogens with one attached hydrogen (secondary N) is 1. The second-order valence-electron chi connectivity index (χ2n) is 4.62. The first-order chi connectivity index (χ1) is 9.81. The fraction of sp³-hybridized carbons (Fsp3) is 0. The summed E-state index contributed by atoms with van der Waals surface area (Å²) in [7, 11) is 0. The van der Waals surface area contributed by atoms with Gasteiger partial charge >= 0.3 is 0 Å². The van der Waals surface area contributed by atoms with E-state index in [4.69, 9.17) is 11.6 Å². The molecule has 20 heavy (non-hydrogen) atoms. The summed E-state index contributed by atoms with van der Waals surface area (Å²) in [5.41, 5.74) is 3.85. The lowest BCUT2D eigenvalue weighted by Gasteiger charge is -2.02. The largest absolute Gasteiger partial charge is 0.338 e. The minimum atomic E-state index is 0.701. The number of nitrogens with zero attached hydrogens (tertiary/aromatic N) is 2. The van der Waals surface area contributed by atoms with Gasteiger partial charge in [0.1, 0.15) is 5.82 Å². The number of hydrogen-bond donors (Lipinski definition) is 1. The third kappa shape index (κ3) is 1.75. The second-order valence-corrected chi connectivity index (χ2v) is 5.06. The van der Waals surface area contributed by atoms with Crippen molar-refractivity contribution in [3.63, 3.8) is 0 Å². The molecule has 0 fully saturated rings. The van der Waals surface area contributed by atoms with Crippen molar-refractivity contribution in [2.24, 2.45) is 0 Å². The third-order valence-corrected chi connectivity index (χ3v) is 3.58. The highest BCUT2D eigenvalue weighted by Gasteiger charge is 2.09. The number of H-pyrrole nitrogens is 1. The van der Waals surface area contributed by atoms with Crippen LogP contribution in [0, 0.1) is 0 Å². The fourth-order valence-corrected chi connectivity index (χ4v) is 2.59. The van der Waals surface area contributed by atoms with Crippen LogP contribution < -0.4 is 0 Å². The molecule has 4 rings (SSSR count). The van der Waals surface area contributed by atoms with Gasteiger partial charge in [-0.1, -0.05) is 29.8 Å². The van der Waals surface area contributed by atoms with E-state index in [1.54, 1.807) is 6.20 Å². The Hall–Kier alpha value is -2.39. The van der Waals surface area contributed by atoms with Gasteiger partial charge in [0, 0.05) is 22.2 Å². The van der Waals surface area contributed by atoms with Crippen molar-refractivity contribution in [1.29, 1.82) is 0 Å². The van der Waals surface area contributed by atoms with Crippen molar-refractivity contribution in [2.75, 3.05) is 0 Å². The van der Waals surface area contributed by atoms with Crippen LogP contribution in [0.2, 0.25) is 5.02 Å². The number of pyridine rings is 1. The van der Waals surface area contributed by atoms with Gasteiger partial charge in [0.2, 0.25) is 0 Å². The van der Waals surface area contributed by atoms with Crippen LogP contribution in [-0.4, -0.2) is 15.0 Å². The van der Waals surface area contributed by atoms with Gasteiger partial charge in [0.15, 0.2) is 0 Å². The molecule has 0 amide bonds. The molecule has 3 nitrogen and oxygen atoms in total. The molecule has 0 aliphatic carbocycles. The number of halogens is 1. The van der Waals surface area contributed by atoms with Crippen LogP contribution in [-0.2, 0) is 0 Å². The van der Waals surface area contributed by atoms with E-state index < -0.39 is 0 Å². The Kier molecular flexibility index (Phi) is 2.47. The lowest BCUT2D eigenvalue weighted by atomic mass is 10.1. The molecule has 0 saturated heterocycles. The molecule has 0 saturated carbocycles. The first-order valence-electron chi connectivity index (χ1n) is 6.31. The molecule has 1 N–H and O–H groups in total. The zero-order valence-corrected chi connectivity index (χ0v) is 11.2. The Labute approximate surface area is 120 Å². The average molecular weight is 280 g/mol. The van der Waals surface area contributed by atoms with Gasteiger partial charge in [-0.05, 0) is 30.3 Å². The van der Waals surface area contributed by atoms with E-state index in [0.29, 0.717) is 5.02 Å². The van der Waals surface area contributed by atoms with E-state index in [1.165, 1.54) is 0 Å². The van der Waals surface area contributed by atoms with Gasteiger partial charge in [-0.25, -0.2) is 4.98 Å². The zero-order chi connectivity index (χ0) is 13.5. The molecular formula is C16H10ClN3. The predicted molar refractivity (Wildman–Crippen MR) is 81.8 cm³/mol. The summed E-state index contributed by atoms with van der Waals surface area (Å²) in [6.45, 7) is 0. The van der Waals surface area contributed by atoms with E-state index in [9.17, 15) is 0 Å². The minimum Gasteiger partial charge on any atom is -0.338 e. The summed E-state index contributed by atoms with van der Waals surface area (Å²) in [5.74, 6) is 0.834. The van der Waals surface area contributed by atoms with E-state index in [0.717, 1.165) is 33.3 Å². The Morgan fingerprint density at radius 3 is 2.85 bits per heavy atom. The normalized spacial score (nSPS) is 11.2. The van der Waals surface area contributed by atoms with Crippen LogP contribution in [0.1, 0.15) is 0 Å². The smallest absolute Gasteiger partial charge is 0.139 e. The Morgan fingerprint density at radius 1 is 0.950 bits per heavy atom.